The highest BCUT2D eigenvalue weighted by atomic mass is 14.9. The molecule has 0 heterocycles. The first kappa shape index (κ1) is 13.5. The van der Waals surface area contributed by atoms with Gasteiger partial charge in [0.2, 0.25) is 0 Å². The molecule has 0 atom stereocenters. The molecule has 1 aliphatic carbocycles. The molecule has 0 aromatic carbocycles. The summed E-state index contributed by atoms with van der Waals surface area (Å²) in [5, 5.41) is 12.4. The lowest BCUT2D eigenvalue weighted by Crippen LogP contribution is -2.24. The van der Waals surface area contributed by atoms with Crippen LogP contribution < -0.4 is 5.32 Å². The van der Waals surface area contributed by atoms with Gasteiger partial charge in [-0.1, -0.05) is 27.7 Å². The minimum Gasteiger partial charge on any atom is -0.316 e. The first-order chi connectivity index (χ1) is 7.15. The molecule has 2 heteroatoms. The van der Waals surface area contributed by atoms with Crippen LogP contribution in [0.5, 0.6) is 0 Å². The summed E-state index contributed by atoms with van der Waals surface area (Å²) in [6.07, 6.45) is 0.928. The first-order valence-electron chi connectivity index (χ1n) is 6.27. The van der Waals surface area contributed by atoms with E-state index in [0.29, 0.717) is 10.8 Å². The van der Waals surface area contributed by atoms with Gasteiger partial charge in [0.15, 0.2) is 0 Å². The van der Waals surface area contributed by atoms with Gasteiger partial charge in [-0.05, 0) is 50.1 Å². The molecule has 0 saturated heterocycles. The third-order valence-corrected chi connectivity index (χ3v) is 4.90. The quantitative estimate of drug-likeness (QED) is 0.725. The topological polar surface area (TPSA) is 35.8 Å². The van der Waals surface area contributed by atoms with Crippen molar-refractivity contribution < 1.29 is 0 Å². The Bertz CT molecular complexity index is 280. The monoisotopic (exact) mass is 222 g/mol. The molecule has 0 radical (unpaired) electrons. The lowest BCUT2D eigenvalue weighted by molar-refractivity contribution is 0.421. The van der Waals surface area contributed by atoms with E-state index in [9.17, 15) is 0 Å². The summed E-state index contributed by atoms with van der Waals surface area (Å²) in [4.78, 5) is 0. The van der Waals surface area contributed by atoms with Crippen LogP contribution in [0.25, 0.3) is 0 Å². The van der Waals surface area contributed by atoms with E-state index in [1.54, 1.807) is 0 Å². The lowest BCUT2D eigenvalue weighted by Gasteiger charge is -2.15. The highest BCUT2D eigenvalue weighted by Gasteiger charge is 2.63. The fourth-order valence-corrected chi connectivity index (χ4v) is 2.55. The van der Waals surface area contributed by atoms with E-state index in [0.717, 1.165) is 25.4 Å². The Hall–Kier alpha value is -0.550. The minimum atomic E-state index is -0.193. The molecule has 1 rings (SSSR count). The average molecular weight is 222 g/mol. The molecule has 0 aromatic heterocycles. The van der Waals surface area contributed by atoms with Crippen LogP contribution in [-0.4, -0.2) is 13.1 Å². The Labute approximate surface area is 100 Å². The van der Waals surface area contributed by atoms with Crippen molar-refractivity contribution in [1.82, 2.24) is 5.32 Å². The van der Waals surface area contributed by atoms with E-state index in [1.807, 2.05) is 13.8 Å². The van der Waals surface area contributed by atoms with Crippen LogP contribution in [-0.2, 0) is 0 Å². The molecule has 1 aliphatic rings. The molecule has 0 unspecified atom stereocenters. The summed E-state index contributed by atoms with van der Waals surface area (Å²) < 4.78 is 0. The molecule has 0 spiro atoms. The van der Waals surface area contributed by atoms with Crippen molar-refractivity contribution in [3.63, 3.8) is 0 Å². The smallest absolute Gasteiger partial charge is 0.0684 e. The van der Waals surface area contributed by atoms with Crippen LogP contribution in [0.1, 0.15) is 48.0 Å². The lowest BCUT2D eigenvalue weighted by atomic mass is 9.91. The summed E-state index contributed by atoms with van der Waals surface area (Å²) in [6, 6.07) is 2.34. The second-order valence-corrected chi connectivity index (χ2v) is 6.95. The van der Waals surface area contributed by atoms with Crippen molar-refractivity contribution in [3.8, 4) is 6.07 Å². The summed E-state index contributed by atoms with van der Waals surface area (Å²) in [5.41, 5.74) is 0.733. The Kier molecular flexibility index (Phi) is 3.41. The summed E-state index contributed by atoms with van der Waals surface area (Å²) in [5.74, 6) is 0.769. The van der Waals surface area contributed by atoms with Crippen molar-refractivity contribution >= 4 is 0 Å². The van der Waals surface area contributed by atoms with E-state index in [2.05, 4.69) is 39.1 Å². The molecular formula is C14H26N2. The summed E-state index contributed by atoms with van der Waals surface area (Å²) >= 11 is 0. The number of rotatable bonds is 5. The van der Waals surface area contributed by atoms with Gasteiger partial charge in [0, 0.05) is 0 Å². The third kappa shape index (κ3) is 2.40. The maximum Gasteiger partial charge on any atom is 0.0684 e. The average Bonchev–Trinajstić information content (AvgIpc) is 2.54. The number of nitrogens with zero attached hydrogens (tertiary/aromatic N) is 1. The van der Waals surface area contributed by atoms with Crippen molar-refractivity contribution in [3.05, 3.63) is 0 Å². The molecule has 1 N–H and O–H groups in total. The minimum absolute atomic E-state index is 0.193. The zero-order valence-electron chi connectivity index (χ0n) is 11.6. The highest BCUT2D eigenvalue weighted by Crippen LogP contribution is 2.67. The predicted molar refractivity (Wildman–Crippen MR) is 67.9 cm³/mol. The van der Waals surface area contributed by atoms with Crippen molar-refractivity contribution in [2.75, 3.05) is 13.1 Å². The normalized spacial score (nSPS) is 22.8. The van der Waals surface area contributed by atoms with Crippen LogP contribution in [0.2, 0.25) is 0 Å². The standard InChI is InChI=1S/C14H26N2/c1-12(2,10-15)7-8-16-9-11-13(3,4)14(11,5)6/h11,16H,7-9H2,1-6H3. The maximum atomic E-state index is 8.90. The van der Waals surface area contributed by atoms with Gasteiger partial charge in [0.05, 0.1) is 11.5 Å². The second kappa shape index (κ2) is 4.04. The molecule has 0 aromatic rings. The molecule has 16 heavy (non-hydrogen) atoms. The summed E-state index contributed by atoms with van der Waals surface area (Å²) in [7, 11) is 0. The zero-order chi connectivity index (χ0) is 12.6. The Morgan fingerprint density at radius 3 is 2.06 bits per heavy atom. The van der Waals surface area contributed by atoms with Gasteiger partial charge in [-0.15, -0.1) is 0 Å². The van der Waals surface area contributed by atoms with Gasteiger partial charge in [-0.25, -0.2) is 0 Å². The van der Waals surface area contributed by atoms with E-state index in [-0.39, 0.29) is 5.41 Å². The molecule has 92 valence electrons. The predicted octanol–water partition coefficient (Wildman–Crippen LogP) is 3.20. The van der Waals surface area contributed by atoms with Crippen LogP contribution in [0.15, 0.2) is 0 Å². The third-order valence-electron chi connectivity index (χ3n) is 4.90. The number of nitrogens with one attached hydrogen (secondary N) is 1. The van der Waals surface area contributed by atoms with Gasteiger partial charge in [0.1, 0.15) is 0 Å². The maximum absolute atomic E-state index is 8.90. The first-order valence-corrected chi connectivity index (χ1v) is 6.27. The molecule has 0 amide bonds. The van der Waals surface area contributed by atoms with Gasteiger partial charge in [-0.3, -0.25) is 0 Å². The Morgan fingerprint density at radius 1 is 1.19 bits per heavy atom. The van der Waals surface area contributed by atoms with Gasteiger partial charge in [-0.2, -0.15) is 5.26 Å². The molecule has 1 saturated carbocycles. The van der Waals surface area contributed by atoms with Crippen LogP contribution in [0.4, 0.5) is 0 Å². The Balaban J connectivity index is 2.23. The second-order valence-electron chi connectivity index (χ2n) is 6.95. The van der Waals surface area contributed by atoms with Crippen LogP contribution >= 0.6 is 0 Å². The van der Waals surface area contributed by atoms with E-state index >= 15 is 0 Å². The summed E-state index contributed by atoms with van der Waals surface area (Å²) in [6.45, 7) is 15.4. The fraction of sp³-hybridized carbons (Fsp3) is 0.929. The van der Waals surface area contributed by atoms with Gasteiger partial charge in [0.25, 0.3) is 0 Å². The van der Waals surface area contributed by atoms with E-state index in [4.69, 9.17) is 5.26 Å². The largest absolute Gasteiger partial charge is 0.316 e. The number of hydrogen-bond acceptors (Lipinski definition) is 2. The molecule has 0 aliphatic heterocycles. The van der Waals surface area contributed by atoms with Crippen molar-refractivity contribution in [1.29, 1.82) is 5.26 Å². The van der Waals surface area contributed by atoms with Crippen LogP contribution in [0, 0.1) is 33.5 Å². The molecule has 2 nitrogen and oxygen atoms in total. The van der Waals surface area contributed by atoms with E-state index in [1.165, 1.54) is 0 Å². The Morgan fingerprint density at radius 2 is 1.69 bits per heavy atom. The number of hydrogen-bond donors (Lipinski definition) is 1. The SMILES string of the molecule is CC(C)(C#N)CCNCC1C(C)(C)C1(C)C. The van der Waals surface area contributed by atoms with Crippen molar-refractivity contribution in [2.24, 2.45) is 22.2 Å². The fourth-order valence-electron chi connectivity index (χ4n) is 2.55. The zero-order valence-corrected chi connectivity index (χ0v) is 11.6. The van der Waals surface area contributed by atoms with Crippen LogP contribution in [0.3, 0.4) is 0 Å². The highest BCUT2D eigenvalue weighted by molar-refractivity contribution is 5.12. The van der Waals surface area contributed by atoms with E-state index < -0.39 is 0 Å². The van der Waals surface area contributed by atoms with Gasteiger partial charge >= 0.3 is 0 Å². The van der Waals surface area contributed by atoms with Crippen molar-refractivity contribution in [2.45, 2.75) is 48.0 Å². The number of nitriles is 1. The molecule has 0 bridgehead atoms. The van der Waals surface area contributed by atoms with Gasteiger partial charge < -0.3 is 5.32 Å². The molecule has 1 fully saturated rings. The molecular weight excluding hydrogens is 196 g/mol.